The van der Waals surface area contributed by atoms with E-state index in [2.05, 4.69) is 5.32 Å². The Morgan fingerprint density at radius 2 is 1.89 bits per heavy atom. The molecule has 0 spiro atoms. The van der Waals surface area contributed by atoms with E-state index in [9.17, 15) is 14.7 Å². The first-order chi connectivity index (χ1) is 12.9. The molecule has 136 valence electrons. The Morgan fingerprint density at radius 1 is 1.19 bits per heavy atom. The molecule has 0 saturated carbocycles. The van der Waals surface area contributed by atoms with Crippen LogP contribution in [0.5, 0.6) is 5.75 Å². The number of esters is 1. The summed E-state index contributed by atoms with van der Waals surface area (Å²) in [6.07, 6.45) is 0. The van der Waals surface area contributed by atoms with Gasteiger partial charge in [-0.1, -0.05) is 30.3 Å². The average Bonchev–Trinajstić information content (AvgIpc) is 2.95. The lowest BCUT2D eigenvalue weighted by Crippen LogP contribution is -2.29. The first-order valence-electron chi connectivity index (χ1n) is 8.36. The van der Waals surface area contributed by atoms with Gasteiger partial charge < -0.3 is 15.2 Å². The SMILES string of the molecule is COC(=O)C1=C(C)NC2=C(C(=O)c3ccccc32)[C@@H]1c1ccc(O)c(I)c1. The molecule has 2 aromatic rings. The van der Waals surface area contributed by atoms with Gasteiger partial charge in [0.1, 0.15) is 5.75 Å². The van der Waals surface area contributed by atoms with E-state index in [1.165, 1.54) is 7.11 Å². The molecule has 0 saturated heterocycles. The first-order valence-corrected chi connectivity index (χ1v) is 9.44. The molecule has 5 nitrogen and oxygen atoms in total. The van der Waals surface area contributed by atoms with Gasteiger partial charge in [0.25, 0.3) is 0 Å². The number of nitrogens with one attached hydrogen (secondary N) is 1. The third-order valence-electron chi connectivity index (χ3n) is 4.96. The third kappa shape index (κ3) is 2.66. The third-order valence-corrected chi connectivity index (χ3v) is 5.82. The quantitative estimate of drug-likeness (QED) is 0.514. The van der Waals surface area contributed by atoms with Crippen molar-refractivity contribution in [3.8, 4) is 5.75 Å². The van der Waals surface area contributed by atoms with Crippen molar-refractivity contribution >= 4 is 40.0 Å². The number of Topliss-reactive ketones (excluding diaryl/α,β-unsaturated/α-hetero) is 1. The van der Waals surface area contributed by atoms with Crippen LogP contribution in [0.3, 0.4) is 0 Å². The minimum absolute atomic E-state index is 0.102. The van der Waals surface area contributed by atoms with Crippen LogP contribution in [0.4, 0.5) is 0 Å². The second kappa shape index (κ2) is 6.53. The number of carbonyl (C=O) groups excluding carboxylic acids is 2. The van der Waals surface area contributed by atoms with Crippen LogP contribution >= 0.6 is 22.6 Å². The summed E-state index contributed by atoms with van der Waals surface area (Å²) < 4.78 is 5.65. The molecule has 2 aromatic carbocycles. The number of benzene rings is 2. The minimum atomic E-state index is -0.567. The molecule has 0 bridgehead atoms. The number of hydrogen-bond acceptors (Lipinski definition) is 5. The molecule has 0 amide bonds. The van der Waals surface area contributed by atoms with Gasteiger partial charge in [0.15, 0.2) is 5.78 Å². The number of ether oxygens (including phenoxy) is 1. The molecule has 0 aromatic heterocycles. The Kier molecular flexibility index (Phi) is 4.30. The van der Waals surface area contributed by atoms with Gasteiger partial charge in [0.05, 0.1) is 22.0 Å². The number of halogens is 1. The Hall–Kier alpha value is -2.61. The predicted octanol–water partition coefficient (Wildman–Crippen LogP) is 3.74. The monoisotopic (exact) mass is 473 g/mol. The summed E-state index contributed by atoms with van der Waals surface area (Å²) in [5.74, 6) is -0.995. The van der Waals surface area contributed by atoms with Crippen molar-refractivity contribution in [1.29, 1.82) is 0 Å². The van der Waals surface area contributed by atoms with Crippen LogP contribution < -0.4 is 5.32 Å². The molecule has 2 aliphatic rings. The minimum Gasteiger partial charge on any atom is -0.507 e. The zero-order chi connectivity index (χ0) is 19.3. The number of dihydropyridines is 1. The van der Waals surface area contributed by atoms with Gasteiger partial charge in [-0.25, -0.2) is 4.79 Å². The molecule has 1 aliphatic carbocycles. The Bertz CT molecular complexity index is 1070. The molecule has 1 atom stereocenters. The van der Waals surface area contributed by atoms with E-state index in [0.717, 1.165) is 16.8 Å². The van der Waals surface area contributed by atoms with Gasteiger partial charge in [-0.15, -0.1) is 0 Å². The summed E-state index contributed by atoms with van der Waals surface area (Å²) in [6.45, 7) is 1.81. The zero-order valence-corrected chi connectivity index (χ0v) is 16.8. The Balaban J connectivity index is 1.97. The van der Waals surface area contributed by atoms with Crippen LogP contribution in [-0.2, 0) is 9.53 Å². The molecular formula is C21H16INO4. The fraction of sp³-hybridized carbons (Fsp3) is 0.143. The lowest BCUT2D eigenvalue weighted by molar-refractivity contribution is -0.136. The van der Waals surface area contributed by atoms with E-state index in [0.29, 0.717) is 26.0 Å². The van der Waals surface area contributed by atoms with Crippen LogP contribution in [0.15, 0.2) is 59.3 Å². The summed E-state index contributed by atoms with van der Waals surface area (Å²) >= 11 is 2.03. The number of ketones is 1. The normalized spacial score (nSPS) is 18.2. The van der Waals surface area contributed by atoms with Gasteiger partial charge in [0, 0.05) is 28.3 Å². The number of phenols is 1. The number of aromatic hydroxyl groups is 1. The fourth-order valence-electron chi connectivity index (χ4n) is 3.75. The van der Waals surface area contributed by atoms with E-state index in [-0.39, 0.29) is 11.5 Å². The van der Waals surface area contributed by atoms with Crippen molar-refractivity contribution in [3.63, 3.8) is 0 Å². The van der Waals surface area contributed by atoms with E-state index < -0.39 is 11.9 Å². The number of phenolic OH excluding ortho intramolecular Hbond substituents is 1. The molecule has 0 unspecified atom stereocenters. The number of hydrogen-bond donors (Lipinski definition) is 2. The Morgan fingerprint density at radius 3 is 2.56 bits per heavy atom. The second-order valence-corrected chi connectivity index (χ2v) is 7.62. The van der Waals surface area contributed by atoms with Gasteiger partial charge >= 0.3 is 5.97 Å². The van der Waals surface area contributed by atoms with Crippen molar-refractivity contribution in [2.75, 3.05) is 7.11 Å². The van der Waals surface area contributed by atoms with Gasteiger partial charge in [0.2, 0.25) is 0 Å². The van der Waals surface area contributed by atoms with Crippen LogP contribution in [0.2, 0.25) is 0 Å². The summed E-state index contributed by atoms with van der Waals surface area (Å²) in [5, 5.41) is 13.1. The van der Waals surface area contributed by atoms with Crippen molar-refractivity contribution in [3.05, 3.63) is 79.6 Å². The van der Waals surface area contributed by atoms with Crippen LogP contribution in [0.1, 0.15) is 34.3 Å². The molecular weight excluding hydrogens is 457 g/mol. The van der Waals surface area contributed by atoms with Crippen LogP contribution in [0, 0.1) is 3.57 Å². The molecule has 0 radical (unpaired) electrons. The van der Waals surface area contributed by atoms with Crippen molar-refractivity contribution < 1.29 is 19.4 Å². The standard InChI is InChI=1S/C21H16INO4/c1-10-16(21(26)27-2)17(11-7-8-15(24)14(22)9-11)18-19(23-10)12-5-3-4-6-13(12)20(18)25/h3-9,17,23-24H,1-2H3/t17-/m1/s1. The fourth-order valence-corrected chi connectivity index (χ4v) is 4.28. The van der Waals surface area contributed by atoms with E-state index in [1.807, 2.05) is 40.8 Å². The average molecular weight is 473 g/mol. The predicted molar refractivity (Wildman–Crippen MR) is 109 cm³/mol. The first kappa shape index (κ1) is 17.8. The second-order valence-electron chi connectivity index (χ2n) is 6.46. The molecule has 4 rings (SSSR count). The number of allylic oxidation sites excluding steroid dienone is 2. The highest BCUT2D eigenvalue weighted by Gasteiger charge is 2.42. The highest BCUT2D eigenvalue weighted by Crippen LogP contribution is 2.47. The van der Waals surface area contributed by atoms with E-state index >= 15 is 0 Å². The molecule has 6 heteroatoms. The summed E-state index contributed by atoms with van der Waals surface area (Å²) in [7, 11) is 1.33. The number of rotatable bonds is 2. The lowest BCUT2D eigenvalue weighted by Gasteiger charge is -2.29. The van der Waals surface area contributed by atoms with Gasteiger partial charge in [-0.2, -0.15) is 0 Å². The highest BCUT2D eigenvalue weighted by atomic mass is 127. The van der Waals surface area contributed by atoms with E-state index in [4.69, 9.17) is 4.74 Å². The molecule has 1 aliphatic heterocycles. The Labute approximate surface area is 169 Å². The molecule has 27 heavy (non-hydrogen) atoms. The maximum Gasteiger partial charge on any atom is 0.336 e. The van der Waals surface area contributed by atoms with Crippen LogP contribution in [0.25, 0.3) is 5.70 Å². The maximum atomic E-state index is 13.2. The van der Waals surface area contributed by atoms with Crippen LogP contribution in [-0.4, -0.2) is 24.0 Å². The number of fused-ring (bicyclic) bond motifs is 2. The van der Waals surface area contributed by atoms with Crippen molar-refractivity contribution in [2.45, 2.75) is 12.8 Å². The van der Waals surface area contributed by atoms with Gasteiger partial charge in [-0.3, -0.25) is 4.79 Å². The molecule has 2 N–H and O–H groups in total. The number of methoxy groups -OCH3 is 1. The highest BCUT2D eigenvalue weighted by molar-refractivity contribution is 14.1. The van der Waals surface area contributed by atoms with Gasteiger partial charge in [-0.05, 0) is 47.2 Å². The number of carbonyl (C=O) groups is 2. The van der Waals surface area contributed by atoms with Crippen molar-refractivity contribution in [2.24, 2.45) is 0 Å². The van der Waals surface area contributed by atoms with E-state index in [1.54, 1.807) is 31.2 Å². The largest absolute Gasteiger partial charge is 0.507 e. The smallest absolute Gasteiger partial charge is 0.336 e. The molecule has 0 fully saturated rings. The van der Waals surface area contributed by atoms with Crippen molar-refractivity contribution in [1.82, 2.24) is 5.32 Å². The zero-order valence-electron chi connectivity index (χ0n) is 14.7. The molecule has 1 heterocycles. The maximum absolute atomic E-state index is 13.2. The summed E-state index contributed by atoms with van der Waals surface area (Å²) in [4.78, 5) is 25.8. The topological polar surface area (TPSA) is 75.6 Å². The summed E-state index contributed by atoms with van der Waals surface area (Å²) in [6, 6.07) is 12.5. The summed E-state index contributed by atoms with van der Waals surface area (Å²) in [5.41, 5.74) is 4.52. The lowest BCUT2D eigenvalue weighted by atomic mass is 9.80.